The number of hydrogen-bond acceptors (Lipinski definition) is 4. The molecule has 2 heterocycles. The number of fused-ring (bicyclic) bond motifs is 3. The summed E-state index contributed by atoms with van der Waals surface area (Å²) in [6.07, 6.45) is 5.16. The van der Waals surface area contributed by atoms with Crippen molar-refractivity contribution < 1.29 is 0 Å². The fraction of sp³-hybridized carbons (Fsp3) is 0.417. The highest BCUT2D eigenvalue weighted by Crippen LogP contribution is 2.44. The number of nitrogens with zero attached hydrogens (tertiary/aromatic N) is 4. The summed E-state index contributed by atoms with van der Waals surface area (Å²) in [5, 5.41) is 0. The third-order valence-electron chi connectivity index (χ3n) is 3.54. The summed E-state index contributed by atoms with van der Waals surface area (Å²) in [5.41, 5.74) is 10.1. The summed E-state index contributed by atoms with van der Waals surface area (Å²) in [5.74, 6) is 1.44. The maximum absolute atomic E-state index is 5.68. The van der Waals surface area contributed by atoms with Crippen molar-refractivity contribution in [2.75, 3.05) is 5.73 Å². The second-order valence-corrected chi connectivity index (χ2v) is 4.83. The molecule has 2 aromatic heterocycles. The van der Waals surface area contributed by atoms with Gasteiger partial charge in [-0.3, -0.25) is 0 Å². The van der Waals surface area contributed by atoms with Gasteiger partial charge in [0.25, 0.3) is 0 Å². The van der Waals surface area contributed by atoms with Crippen LogP contribution in [0.15, 0.2) is 6.20 Å². The lowest BCUT2D eigenvalue weighted by Crippen LogP contribution is -2.03. The van der Waals surface area contributed by atoms with E-state index in [-0.39, 0.29) is 0 Å². The Kier molecular flexibility index (Phi) is 1.54. The first-order valence-electron chi connectivity index (χ1n) is 5.93. The lowest BCUT2D eigenvalue weighted by molar-refractivity contribution is 0.715. The van der Waals surface area contributed by atoms with Crippen molar-refractivity contribution in [3.63, 3.8) is 0 Å². The van der Waals surface area contributed by atoms with Crippen LogP contribution in [-0.2, 0) is 6.42 Å². The van der Waals surface area contributed by atoms with E-state index >= 15 is 0 Å². The zero-order valence-electron chi connectivity index (χ0n) is 9.64. The number of nitrogens with two attached hydrogens (primary N) is 1. The predicted molar refractivity (Wildman–Crippen MR) is 63.5 cm³/mol. The molecule has 86 valence electrons. The lowest BCUT2D eigenvalue weighted by atomic mass is 10.2. The molecule has 0 atom stereocenters. The molecule has 0 saturated heterocycles. The van der Waals surface area contributed by atoms with Gasteiger partial charge in [-0.1, -0.05) is 0 Å². The summed E-state index contributed by atoms with van der Waals surface area (Å²) in [6.45, 7) is 2.07. The molecule has 0 unspecified atom stereocenters. The number of hydrogen-bond donors (Lipinski definition) is 1. The van der Waals surface area contributed by atoms with Crippen LogP contribution in [0.1, 0.15) is 36.0 Å². The van der Waals surface area contributed by atoms with E-state index in [1.807, 2.05) is 6.20 Å². The molecule has 0 amide bonds. The zero-order valence-corrected chi connectivity index (χ0v) is 9.64. The maximum Gasteiger partial charge on any atom is 0.220 e. The normalized spacial score (nSPS) is 17.0. The van der Waals surface area contributed by atoms with Crippen molar-refractivity contribution >= 4 is 5.95 Å². The van der Waals surface area contributed by atoms with Gasteiger partial charge in [0.1, 0.15) is 5.82 Å². The highest BCUT2D eigenvalue weighted by atomic mass is 15.2. The van der Waals surface area contributed by atoms with Crippen molar-refractivity contribution in [2.24, 2.45) is 0 Å². The van der Waals surface area contributed by atoms with Crippen LogP contribution in [0.4, 0.5) is 5.95 Å². The van der Waals surface area contributed by atoms with E-state index in [9.17, 15) is 0 Å². The Morgan fingerprint density at radius 1 is 1.35 bits per heavy atom. The first-order chi connectivity index (χ1) is 8.24. The second-order valence-electron chi connectivity index (χ2n) is 4.83. The van der Waals surface area contributed by atoms with Crippen LogP contribution < -0.4 is 5.73 Å². The molecule has 0 aromatic carbocycles. The zero-order chi connectivity index (χ0) is 11.6. The van der Waals surface area contributed by atoms with E-state index in [0.717, 1.165) is 29.2 Å². The van der Waals surface area contributed by atoms with Crippen LogP contribution in [0.3, 0.4) is 0 Å². The molecule has 1 saturated carbocycles. The van der Waals surface area contributed by atoms with Crippen LogP contribution in [0, 0.1) is 6.92 Å². The molecule has 1 fully saturated rings. The molecular weight excluding hydrogens is 214 g/mol. The molecule has 2 aromatic rings. The van der Waals surface area contributed by atoms with Gasteiger partial charge < -0.3 is 10.3 Å². The Hall–Kier alpha value is -1.91. The fourth-order valence-electron chi connectivity index (χ4n) is 2.69. The van der Waals surface area contributed by atoms with Gasteiger partial charge in [0.05, 0.1) is 17.1 Å². The third-order valence-corrected chi connectivity index (χ3v) is 3.54. The highest BCUT2D eigenvalue weighted by Gasteiger charge is 2.34. The quantitative estimate of drug-likeness (QED) is 0.683. The molecule has 2 aliphatic rings. The summed E-state index contributed by atoms with van der Waals surface area (Å²) in [6, 6.07) is 0.619. The summed E-state index contributed by atoms with van der Waals surface area (Å²) in [7, 11) is 0. The minimum absolute atomic E-state index is 0.345. The molecule has 0 bridgehead atoms. The topological polar surface area (TPSA) is 69.6 Å². The van der Waals surface area contributed by atoms with Gasteiger partial charge in [-0.25, -0.2) is 15.0 Å². The van der Waals surface area contributed by atoms with Gasteiger partial charge in [-0.2, -0.15) is 0 Å². The molecule has 0 radical (unpaired) electrons. The van der Waals surface area contributed by atoms with Gasteiger partial charge in [0.2, 0.25) is 5.95 Å². The highest BCUT2D eigenvalue weighted by molar-refractivity contribution is 5.70. The first-order valence-corrected chi connectivity index (χ1v) is 5.93. The molecule has 5 nitrogen and oxygen atoms in total. The Labute approximate surface area is 98.7 Å². The van der Waals surface area contributed by atoms with Crippen molar-refractivity contribution in [1.82, 2.24) is 19.5 Å². The minimum atomic E-state index is 0.345. The Morgan fingerprint density at radius 3 is 2.94 bits per heavy atom. The Morgan fingerprint density at radius 2 is 2.18 bits per heavy atom. The van der Waals surface area contributed by atoms with E-state index < -0.39 is 0 Å². The van der Waals surface area contributed by atoms with Gasteiger partial charge >= 0.3 is 0 Å². The van der Waals surface area contributed by atoms with E-state index in [1.54, 1.807) is 0 Å². The molecule has 17 heavy (non-hydrogen) atoms. The predicted octanol–water partition coefficient (Wildman–Crippen LogP) is 1.47. The first kappa shape index (κ1) is 9.15. The van der Waals surface area contributed by atoms with Gasteiger partial charge in [0, 0.05) is 24.2 Å². The number of imidazole rings is 1. The third kappa shape index (κ3) is 1.16. The fourth-order valence-corrected chi connectivity index (χ4v) is 2.69. The number of rotatable bonds is 1. The SMILES string of the molecule is Cc1nc2c(n1C1CC1)-c1nc(N)ncc1C2. The summed E-state index contributed by atoms with van der Waals surface area (Å²) < 4.78 is 2.33. The molecule has 0 spiro atoms. The van der Waals surface area contributed by atoms with Crippen molar-refractivity contribution in [2.45, 2.75) is 32.2 Å². The molecule has 5 heteroatoms. The number of anilines is 1. The molecule has 4 rings (SSSR count). The number of aromatic nitrogens is 4. The smallest absolute Gasteiger partial charge is 0.220 e. The average molecular weight is 227 g/mol. The number of aryl methyl sites for hydroxylation is 1. The average Bonchev–Trinajstić information content (AvgIpc) is 2.98. The van der Waals surface area contributed by atoms with E-state index in [4.69, 9.17) is 5.73 Å². The van der Waals surface area contributed by atoms with Crippen molar-refractivity contribution in [1.29, 1.82) is 0 Å². The minimum Gasteiger partial charge on any atom is -0.368 e. The van der Waals surface area contributed by atoms with Crippen LogP contribution >= 0.6 is 0 Å². The lowest BCUT2D eigenvalue weighted by Gasteiger charge is -2.08. The summed E-state index contributed by atoms with van der Waals surface area (Å²) >= 11 is 0. The van der Waals surface area contributed by atoms with Crippen LogP contribution in [0.25, 0.3) is 11.4 Å². The van der Waals surface area contributed by atoms with Crippen molar-refractivity contribution in [3.8, 4) is 11.4 Å². The van der Waals surface area contributed by atoms with Crippen molar-refractivity contribution in [3.05, 3.63) is 23.3 Å². The Bertz CT molecular complexity index is 624. The largest absolute Gasteiger partial charge is 0.368 e. The monoisotopic (exact) mass is 227 g/mol. The molecule has 0 aliphatic heterocycles. The number of nitrogen functional groups attached to an aromatic ring is 1. The molecule has 2 N–H and O–H groups in total. The standard InChI is InChI=1S/C12H13N5/c1-6-15-9-4-7-5-14-12(13)16-10(7)11(9)17(6)8-2-3-8/h5,8H,2-4H2,1H3,(H2,13,14,16). The van der Waals surface area contributed by atoms with Crippen LogP contribution in [0.2, 0.25) is 0 Å². The Balaban J connectivity index is 2.00. The van der Waals surface area contributed by atoms with Crippen LogP contribution in [0.5, 0.6) is 0 Å². The van der Waals surface area contributed by atoms with Gasteiger partial charge in [-0.05, 0) is 19.8 Å². The van der Waals surface area contributed by atoms with Gasteiger partial charge in [0.15, 0.2) is 0 Å². The maximum atomic E-state index is 5.68. The van der Waals surface area contributed by atoms with Crippen LogP contribution in [-0.4, -0.2) is 19.5 Å². The van der Waals surface area contributed by atoms with E-state index in [0.29, 0.717) is 12.0 Å². The molecular formula is C12H13N5. The molecule has 2 aliphatic carbocycles. The second kappa shape index (κ2) is 2.85. The van der Waals surface area contributed by atoms with E-state index in [2.05, 4.69) is 26.4 Å². The summed E-state index contributed by atoms with van der Waals surface area (Å²) in [4.78, 5) is 13.1. The van der Waals surface area contributed by atoms with Gasteiger partial charge in [-0.15, -0.1) is 0 Å². The van der Waals surface area contributed by atoms with E-state index in [1.165, 1.54) is 18.5 Å².